The Bertz CT molecular complexity index is 226. The lowest BCUT2D eigenvalue weighted by molar-refractivity contribution is -0.164. The average molecular weight is 184 g/mol. The van der Waals surface area contributed by atoms with E-state index in [1.807, 2.05) is 0 Å². The zero-order valence-corrected chi connectivity index (χ0v) is 8.01. The highest BCUT2D eigenvalue weighted by Gasteiger charge is 2.39. The molecule has 0 atom stereocenters. The Balaban J connectivity index is 2.13. The van der Waals surface area contributed by atoms with E-state index in [9.17, 15) is 0 Å². The van der Waals surface area contributed by atoms with Gasteiger partial charge in [0, 0.05) is 12.8 Å². The maximum absolute atomic E-state index is 9.14. The minimum atomic E-state index is -0.391. The molecule has 0 amide bonds. The molecular formula is C10H16O3. The molecule has 1 spiro atoms. The van der Waals surface area contributed by atoms with Gasteiger partial charge in [-0.1, -0.05) is 5.57 Å². The van der Waals surface area contributed by atoms with Gasteiger partial charge >= 0.3 is 0 Å². The first-order chi connectivity index (χ1) is 6.26. The van der Waals surface area contributed by atoms with Crippen molar-refractivity contribution in [2.45, 2.75) is 32.0 Å². The van der Waals surface area contributed by atoms with Gasteiger partial charge in [-0.3, -0.25) is 0 Å². The van der Waals surface area contributed by atoms with Crippen molar-refractivity contribution in [1.29, 1.82) is 0 Å². The first-order valence-corrected chi connectivity index (χ1v) is 4.82. The summed E-state index contributed by atoms with van der Waals surface area (Å²) in [6, 6.07) is 0. The molecule has 1 fully saturated rings. The van der Waals surface area contributed by atoms with Gasteiger partial charge in [-0.25, -0.2) is 0 Å². The average Bonchev–Trinajstić information content (AvgIpc) is 2.59. The first-order valence-electron chi connectivity index (χ1n) is 4.82. The molecule has 0 aromatic carbocycles. The lowest BCUT2D eigenvalue weighted by atomic mass is 9.88. The van der Waals surface area contributed by atoms with Crippen LogP contribution in [0.2, 0.25) is 0 Å². The smallest absolute Gasteiger partial charge is 0.172 e. The molecule has 0 aromatic heterocycles. The predicted octanol–water partition coefficient (Wildman–Crippen LogP) is 1.22. The topological polar surface area (TPSA) is 38.7 Å². The molecule has 1 N–H and O–H groups in total. The van der Waals surface area contributed by atoms with Crippen LogP contribution in [0.4, 0.5) is 0 Å². The summed E-state index contributed by atoms with van der Waals surface area (Å²) in [5, 5.41) is 9.14. The number of aliphatic hydroxyl groups excluding tert-OH is 1. The second-order valence-corrected chi connectivity index (χ2v) is 3.83. The van der Waals surface area contributed by atoms with Crippen LogP contribution in [0.25, 0.3) is 0 Å². The highest BCUT2D eigenvalue weighted by molar-refractivity contribution is 5.18. The van der Waals surface area contributed by atoms with Crippen molar-refractivity contribution in [3.05, 3.63) is 11.1 Å². The molecule has 0 radical (unpaired) electrons. The number of ether oxygens (including phenoxy) is 2. The lowest BCUT2D eigenvalue weighted by Crippen LogP contribution is -2.34. The molecule has 0 aromatic rings. The van der Waals surface area contributed by atoms with Gasteiger partial charge in [0.15, 0.2) is 5.79 Å². The van der Waals surface area contributed by atoms with E-state index in [0.717, 1.165) is 24.8 Å². The third kappa shape index (κ3) is 1.64. The van der Waals surface area contributed by atoms with Crippen molar-refractivity contribution in [1.82, 2.24) is 0 Å². The normalized spacial score (nSPS) is 27.2. The van der Waals surface area contributed by atoms with Crippen molar-refractivity contribution in [2.75, 3.05) is 19.8 Å². The second-order valence-electron chi connectivity index (χ2n) is 3.83. The molecule has 3 nitrogen and oxygen atoms in total. The number of allylic oxidation sites excluding steroid dienone is 1. The number of aliphatic hydroxyl groups is 1. The van der Waals surface area contributed by atoms with Crippen molar-refractivity contribution in [2.24, 2.45) is 0 Å². The molecule has 2 aliphatic rings. The molecule has 1 aliphatic carbocycles. The van der Waals surface area contributed by atoms with E-state index >= 15 is 0 Å². The van der Waals surface area contributed by atoms with Crippen molar-refractivity contribution >= 4 is 0 Å². The van der Waals surface area contributed by atoms with Gasteiger partial charge in [0.2, 0.25) is 0 Å². The maximum atomic E-state index is 9.14. The zero-order valence-electron chi connectivity index (χ0n) is 8.01. The van der Waals surface area contributed by atoms with Crippen molar-refractivity contribution < 1.29 is 14.6 Å². The Morgan fingerprint density at radius 2 is 2.08 bits per heavy atom. The lowest BCUT2D eigenvalue weighted by Gasteiger charge is -2.33. The summed E-state index contributed by atoms with van der Waals surface area (Å²) in [6.07, 6.45) is 2.66. The van der Waals surface area contributed by atoms with Crippen LogP contribution < -0.4 is 0 Å². The second kappa shape index (κ2) is 3.40. The fourth-order valence-electron chi connectivity index (χ4n) is 2.05. The minimum Gasteiger partial charge on any atom is -0.392 e. The quantitative estimate of drug-likeness (QED) is 0.623. The number of hydrogen-bond donors (Lipinski definition) is 1. The van der Waals surface area contributed by atoms with Crippen LogP contribution in [-0.4, -0.2) is 30.7 Å². The molecule has 0 unspecified atom stereocenters. The predicted molar refractivity (Wildman–Crippen MR) is 48.3 cm³/mol. The Morgan fingerprint density at radius 3 is 2.69 bits per heavy atom. The third-order valence-corrected chi connectivity index (χ3v) is 2.97. The van der Waals surface area contributed by atoms with Gasteiger partial charge in [-0.2, -0.15) is 0 Å². The van der Waals surface area contributed by atoms with E-state index in [4.69, 9.17) is 14.6 Å². The Kier molecular flexibility index (Phi) is 2.41. The highest BCUT2D eigenvalue weighted by atomic mass is 16.7. The number of hydrogen-bond acceptors (Lipinski definition) is 3. The van der Waals surface area contributed by atoms with E-state index in [1.165, 1.54) is 5.57 Å². The zero-order chi connectivity index (χ0) is 9.31. The summed E-state index contributed by atoms with van der Waals surface area (Å²) in [5.41, 5.74) is 2.39. The van der Waals surface area contributed by atoms with E-state index in [0.29, 0.717) is 13.2 Å². The molecule has 1 saturated heterocycles. The molecule has 0 bridgehead atoms. The minimum absolute atomic E-state index is 0.139. The van der Waals surface area contributed by atoms with E-state index in [2.05, 4.69) is 6.92 Å². The van der Waals surface area contributed by atoms with Gasteiger partial charge < -0.3 is 14.6 Å². The van der Waals surface area contributed by atoms with Crippen LogP contribution in [0.3, 0.4) is 0 Å². The Labute approximate surface area is 78.3 Å². The Morgan fingerprint density at radius 1 is 1.38 bits per heavy atom. The molecule has 1 aliphatic heterocycles. The summed E-state index contributed by atoms with van der Waals surface area (Å²) < 4.78 is 11.2. The summed E-state index contributed by atoms with van der Waals surface area (Å²) in [5.74, 6) is -0.391. The third-order valence-electron chi connectivity index (χ3n) is 2.97. The van der Waals surface area contributed by atoms with Crippen LogP contribution in [0.1, 0.15) is 26.2 Å². The number of rotatable bonds is 1. The first kappa shape index (κ1) is 9.19. The monoisotopic (exact) mass is 184 g/mol. The molecular weight excluding hydrogens is 168 g/mol. The molecule has 2 rings (SSSR count). The molecule has 3 heteroatoms. The summed E-state index contributed by atoms with van der Waals surface area (Å²) in [7, 11) is 0. The van der Waals surface area contributed by atoms with Crippen molar-refractivity contribution in [3.8, 4) is 0 Å². The van der Waals surface area contributed by atoms with Crippen molar-refractivity contribution in [3.63, 3.8) is 0 Å². The maximum Gasteiger partial charge on any atom is 0.172 e. The van der Waals surface area contributed by atoms with E-state index in [-0.39, 0.29) is 6.61 Å². The van der Waals surface area contributed by atoms with Gasteiger partial charge in [0.05, 0.1) is 19.8 Å². The van der Waals surface area contributed by atoms with Crippen LogP contribution in [-0.2, 0) is 9.47 Å². The SMILES string of the molecule is CC1=C(CO)CC2(CC1)OCCO2. The largest absolute Gasteiger partial charge is 0.392 e. The molecule has 1 heterocycles. The van der Waals surface area contributed by atoms with E-state index in [1.54, 1.807) is 0 Å². The fourth-order valence-corrected chi connectivity index (χ4v) is 2.05. The Hall–Kier alpha value is -0.380. The van der Waals surface area contributed by atoms with Gasteiger partial charge in [0.1, 0.15) is 0 Å². The standard InChI is InChI=1S/C10H16O3/c1-8-2-3-10(6-9(8)7-11)12-4-5-13-10/h11H,2-7H2,1H3. The molecule has 0 saturated carbocycles. The van der Waals surface area contributed by atoms with Gasteiger partial charge in [0.25, 0.3) is 0 Å². The van der Waals surface area contributed by atoms with E-state index < -0.39 is 5.79 Å². The van der Waals surface area contributed by atoms with Crippen LogP contribution >= 0.6 is 0 Å². The fraction of sp³-hybridized carbons (Fsp3) is 0.800. The highest BCUT2D eigenvalue weighted by Crippen LogP contribution is 2.38. The van der Waals surface area contributed by atoms with Gasteiger partial charge in [-0.05, 0) is 18.9 Å². The van der Waals surface area contributed by atoms with Crippen LogP contribution in [0.5, 0.6) is 0 Å². The van der Waals surface area contributed by atoms with Crippen LogP contribution in [0, 0.1) is 0 Å². The molecule has 74 valence electrons. The van der Waals surface area contributed by atoms with Gasteiger partial charge in [-0.15, -0.1) is 0 Å². The molecule has 13 heavy (non-hydrogen) atoms. The summed E-state index contributed by atoms with van der Waals surface area (Å²) in [6.45, 7) is 3.60. The summed E-state index contributed by atoms with van der Waals surface area (Å²) in [4.78, 5) is 0. The van der Waals surface area contributed by atoms with Crippen LogP contribution in [0.15, 0.2) is 11.1 Å². The summed E-state index contributed by atoms with van der Waals surface area (Å²) >= 11 is 0.